The summed E-state index contributed by atoms with van der Waals surface area (Å²) < 4.78 is 1.90. The van der Waals surface area contributed by atoms with Gasteiger partial charge in [-0.25, -0.2) is 0 Å². The number of rotatable bonds is 5. The Morgan fingerprint density at radius 1 is 1.50 bits per heavy atom. The second-order valence-electron chi connectivity index (χ2n) is 5.35. The Bertz CT molecular complexity index is 482. The van der Waals surface area contributed by atoms with Gasteiger partial charge in [0.1, 0.15) is 11.9 Å². The number of carbonyl (C=O) groups is 1. The van der Waals surface area contributed by atoms with Gasteiger partial charge in [0.05, 0.1) is 5.69 Å². The Kier molecular flexibility index (Phi) is 4.65. The standard InChI is InChI=1S/C14H25N5O/c1-5-6-15-9-12-10(2)17-18(4)14(12)19-8-7-16-13(20)11(19)3/h11,15H,5-9H2,1-4H3,(H,16,20). The zero-order valence-corrected chi connectivity index (χ0v) is 12.9. The number of carbonyl (C=O) groups excluding carboxylic acids is 1. The lowest BCUT2D eigenvalue weighted by Crippen LogP contribution is -2.54. The highest BCUT2D eigenvalue weighted by molar-refractivity contribution is 5.86. The van der Waals surface area contributed by atoms with Crippen molar-refractivity contribution in [2.24, 2.45) is 7.05 Å². The minimum atomic E-state index is -0.150. The largest absolute Gasteiger partial charge is 0.353 e. The van der Waals surface area contributed by atoms with Gasteiger partial charge in [-0.15, -0.1) is 0 Å². The molecule has 2 heterocycles. The first-order valence-electron chi connectivity index (χ1n) is 7.33. The molecule has 0 saturated carbocycles. The van der Waals surface area contributed by atoms with E-state index in [0.29, 0.717) is 6.54 Å². The van der Waals surface area contributed by atoms with Gasteiger partial charge in [0.15, 0.2) is 0 Å². The maximum atomic E-state index is 11.9. The van der Waals surface area contributed by atoms with Gasteiger partial charge in [0, 0.05) is 32.2 Å². The highest BCUT2D eigenvalue weighted by atomic mass is 16.2. The van der Waals surface area contributed by atoms with Gasteiger partial charge in [-0.1, -0.05) is 6.92 Å². The topological polar surface area (TPSA) is 62.2 Å². The van der Waals surface area contributed by atoms with Crippen LogP contribution in [-0.2, 0) is 18.4 Å². The van der Waals surface area contributed by atoms with Gasteiger partial charge in [-0.3, -0.25) is 9.48 Å². The van der Waals surface area contributed by atoms with Gasteiger partial charge in [-0.05, 0) is 26.8 Å². The second kappa shape index (κ2) is 6.26. The molecule has 0 aliphatic carbocycles. The lowest BCUT2D eigenvalue weighted by atomic mass is 10.1. The summed E-state index contributed by atoms with van der Waals surface area (Å²) in [6, 6.07) is -0.150. The number of hydrogen-bond donors (Lipinski definition) is 2. The Hall–Kier alpha value is -1.56. The normalized spacial score (nSPS) is 19.3. The summed E-state index contributed by atoms with van der Waals surface area (Å²) >= 11 is 0. The van der Waals surface area contributed by atoms with E-state index in [4.69, 9.17) is 0 Å². The van der Waals surface area contributed by atoms with Crippen molar-refractivity contribution in [1.29, 1.82) is 0 Å². The van der Waals surface area contributed by atoms with E-state index in [1.165, 1.54) is 5.56 Å². The molecule has 1 atom stereocenters. The zero-order valence-electron chi connectivity index (χ0n) is 12.9. The number of nitrogens with one attached hydrogen (secondary N) is 2. The van der Waals surface area contributed by atoms with Crippen molar-refractivity contribution in [3.8, 4) is 0 Å². The molecule has 1 unspecified atom stereocenters. The van der Waals surface area contributed by atoms with Gasteiger partial charge in [0.25, 0.3) is 0 Å². The quantitative estimate of drug-likeness (QED) is 0.773. The number of nitrogens with zero attached hydrogens (tertiary/aromatic N) is 3. The second-order valence-corrected chi connectivity index (χ2v) is 5.35. The lowest BCUT2D eigenvalue weighted by molar-refractivity contribution is -0.122. The molecule has 6 nitrogen and oxygen atoms in total. The Morgan fingerprint density at radius 3 is 2.95 bits per heavy atom. The third-order valence-corrected chi connectivity index (χ3v) is 3.81. The van der Waals surface area contributed by atoms with Crippen LogP contribution in [-0.4, -0.2) is 41.4 Å². The summed E-state index contributed by atoms with van der Waals surface area (Å²) in [6.07, 6.45) is 1.11. The smallest absolute Gasteiger partial charge is 0.242 e. The Morgan fingerprint density at radius 2 is 2.25 bits per heavy atom. The molecule has 0 aromatic carbocycles. The van der Waals surface area contributed by atoms with E-state index >= 15 is 0 Å². The van der Waals surface area contributed by atoms with Crippen molar-refractivity contribution in [2.75, 3.05) is 24.5 Å². The summed E-state index contributed by atoms with van der Waals surface area (Å²) in [5, 5.41) is 10.9. The number of hydrogen-bond acceptors (Lipinski definition) is 4. The van der Waals surface area contributed by atoms with Crippen molar-refractivity contribution in [3.05, 3.63) is 11.3 Å². The fourth-order valence-corrected chi connectivity index (χ4v) is 2.72. The van der Waals surface area contributed by atoms with Crippen molar-refractivity contribution in [2.45, 2.75) is 39.8 Å². The van der Waals surface area contributed by atoms with Crippen LogP contribution >= 0.6 is 0 Å². The molecule has 1 fully saturated rings. The molecule has 0 bridgehead atoms. The predicted octanol–water partition coefficient (Wildman–Crippen LogP) is 0.553. The number of aromatic nitrogens is 2. The molecule has 1 saturated heterocycles. The fourth-order valence-electron chi connectivity index (χ4n) is 2.72. The highest BCUT2D eigenvalue weighted by Crippen LogP contribution is 2.25. The van der Waals surface area contributed by atoms with Gasteiger partial charge in [0.2, 0.25) is 5.91 Å². The summed E-state index contributed by atoms with van der Waals surface area (Å²) in [7, 11) is 1.95. The molecule has 20 heavy (non-hydrogen) atoms. The van der Waals surface area contributed by atoms with Crippen LogP contribution in [0.3, 0.4) is 0 Å². The molecule has 2 rings (SSSR count). The van der Waals surface area contributed by atoms with E-state index < -0.39 is 0 Å². The minimum Gasteiger partial charge on any atom is -0.353 e. The first-order chi connectivity index (χ1) is 9.56. The van der Waals surface area contributed by atoms with E-state index in [9.17, 15) is 4.79 Å². The number of anilines is 1. The molecule has 6 heteroatoms. The molecule has 1 amide bonds. The number of piperazine rings is 1. The average molecular weight is 279 g/mol. The van der Waals surface area contributed by atoms with Gasteiger partial charge < -0.3 is 15.5 Å². The molecule has 1 aliphatic heterocycles. The van der Waals surface area contributed by atoms with E-state index in [2.05, 4.69) is 27.6 Å². The molecular formula is C14H25N5O. The zero-order chi connectivity index (χ0) is 14.7. The molecule has 112 valence electrons. The van der Waals surface area contributed by atoms with Crippen LogP contribution < -0.4 is 15.5 Å². The maximum absolute atomic E-state index is 11.9. The summed E-state index contributed by atoms with van der Waals surface area (Å²) in [5.74, 6) is 1.15. The summed E-state index contributed by atoms with van der Waals surface area (Å²) in [4.78, 5) is 14.0. The van der Waals surface area contributed by atoms with Crippen molar-refractivity contribution < 1.29 is 4.79 Å². The molecule has 1 aromatic rings. The SMILES string of the molecule is CCCNCc1c(C)nn(C)c1N1CCNC(=O)C1C. The third-order valence-electron chi connectivity index (χ3n) is 3.81. The first-order valence-corrected chi connectivity index (χ1v) is 7.33. The van der Waals surface area contributed by atoms with Crippen LogP contribution in [0.15, 0.2) is 0 Å². The highest BCUT2D eigenvalue weighted by Gasteiger charge is 2.30. The molecule has 0 radical (unpaired) electrons. The number of amides is 1. The van der Waals surface area contributed by atoms with Crippen molar-refractivity contribution in [3.63, 3.8) is 0 Å². The van der Waals surface area contributed by atoms with Crippen molar-refractivity contribution in [1.82, 2.24) is 20.4 Å². The first kappa shape index (κ1) is 14.8. The van der Waals surface area contributed by atoms with E-state index in [0.717, 1.165) is 37.6 Å². The Labute approximate surface area is 120 Å². The van der Waals surface area contributed by atoms with Gasteiger partial charge in [-0.2, -0.15) is 5.10 Å². The maximum Gasteiger partial charge on any atom is 0.242 e. The third kappa shape index (κ3) is 2.80. The fraction of sp³-hybridized carbons (Fsp3) is 0.714. The number of aryl methyl sites for hydroxylation is 2. The monoisotopic (exact) mass is 279 g/mol. The molecule has 2 N–H and O–H groups in total. The summed E-state index contributed by atoms with van der Waals surface area (Å²) in [5.41, 5.74) is 2.23. The van der Waals surface area contributed by atoms with Crippen LogP contribution in [0.1, 0.15) is 31.5 Å². The van der Waals surface area contributed by atoms with Gasteiger partial charge >= 0.3 is 0 Å². The van der Waals surface area contributed by atoms with Crippen LogP contribution in [0, 0.1) is 6.92 Å². The lowest BCUT2D eigenvalue weighted by Gasteiger charge is -2.35. The molecule has 1 aromatic heterocycles. The van der Waals surface area contributed by atoms with Crippen LogP contribution in [0.4, 0.5) is 5.82 Å². The van der Waals surface area contributed by atoms with Crippen molar-refractivity contribution >= 4 is 11.7 Å². The van der Waals surface area contributed by atoms with Crippen LogP contribution in [0.25, 0.3) is 0 Å². The predicted molar refractivity (Wildman–Crippen MR) is 79.8 cm³/mol. The van der Waals surface area contributed by atoms with Crippen LogP contribution in [0.2, 0.25) is 0 Å². The molecule has 0 spiro atoms. The molecular weight excluding hydrogens is 254 g/mol. The van der Waals surface area contributed by atoms with Crippen LogP contribution in [0.5, 0.6) is 0 Å². The summed E-state index contributed by atoms with van der Waals surface area (Å²) in [6.45, 7) is 9.43. The van der Waals surface area contributed by atoms with E-state index in [-0.39, 0.29) is 11.9 Å². The Balaban J connectivity index is 2.27. The minimum absolute atomic E-state index is 0.0857. The molecule has 1 aliphatic rings. The van der Waals surface area contributed by atoms with E-state index in [1.807, 2.05) is 25.6 Å². The average Bonchev–Trinajstić information content (AvgIpc) is 2.68. The van der Waals surface area contributed by atoms with E-state index in [1.54, 1.807) is 0 Å².